The van der Waals surface area contributed by atoms with E-state index in [0.717, 1.165) is 38.4 Å². The van der Waals surface area contributed by atoms with Crippen molar-refractivity contribution in [1.82, 2.24) is 14.5 Å². The van der Waals surface area contributed by atoms with Gasteiger partial charge in [-0.1, -0.05) is 30.0 Å². The third-order valence-corrected chi connectivity index (χ3v) is 5.08. The lowest BCUT2D eigenvalue weighted by Gasteiger charge is -1.98. The maximum absolute atomic E-state index is 12.7. The Morgan fingerprint density at radius 3 is 2.96 bits per heavy atom. The maximum atomic E-state index is 12.7. The van der Waals surface area contributed by atoms with E-state index in [9.17, 15) is 4.79 Å². The van der Waals surface area contributed by atoms with Crippen LogP contribution >= 0.6 is 11.8 Å². The number of para-hydroxylation sites is 1. The molecule has 0 aliphatic heterocycles. The van der Waals surface area contributed by atoms with E-state index in [-0.39, 0.29) is 5.78 Å². The zero-order chi connectivity index (χ0) is 17.4. The van der Waals surface area contributed by atoms with Gasteiger partial charge in [0.05, 0.1) is 23.9 Å². The summed E-state index contributed by atoms with van der Waals surface area (Å²) in [6.07, 6.45) is 1.90. The van der Waals surface area contributed by atoms with Gasteiger partial charge in [0.1, 0.15) is 5.75 Å². The summed E-state index contributed by atoms with van der Waals surface area (Å²) in [7, 11) is 3.59. The van der Waals surface area contributed by atoms with Crippen LogP contribution in [-0.4, -0.2) is 33.2 Å². The average Bonchev–Trinajstić information content (AvgIpc) is 3.20. The molecule has 0 radical (unpaired) electrons. The largest absolute Gasteiger partial charge is 0.497 e. The fourth-order valence-corrected chi connectivity index (χ4v) is 3.70. The highest BCUT2D eigenvalue weighted by atomic mass is 32.2. The summed E-state index contributed by atoms with van der Waals surface area (Å²) < 4.78 is 7.21. The third-order valence-electron chi connectivity index (χ3n) is 4.20. The van der Waals surface area contributed by atoms with Gasteiger partial charge in [-0.2, -0.15) is 0 Å². The molecule has 4 rings (SSSR count). The Labute approximate surface area is 149 Å². The molecule has 0 unspecified atom stereocenters. The van der Waals surface area contributed by atoms with Crippen LogP contribution in [0, 0.1) is 0 Å². The zero-order valence-corrected chi connectivity index (χ0v) is 14.8. The second-order valence-corrected chi connectivity index (χ2v) is 6.77. The minimum atomic E-state index is 0.0971. The van der Waals surface area contributed by atoms with Gasteiger partial charge in [-0.15, -0.1) is 0 Å². The predicted octanol–water partition coefficient (Wildman–Crippen LogP) is 4.04. The number of rotatable bonds is 5. The number of hydrogen-bond donors (Lipinski definition) is 1. The molecule has 0 fully saturated rings. The lowest BCUT2D eigenvalue weighted by atomic mass is 10.1. The fraction of sp³-hybridized carbons (Fsp3) is 0.158. The van der Waals surface area contributed by atoms with Crippen LogP contribution in [0.5, 0.6) is 5.75 Å². The van der Waals surface area contributed by atoms with E-state index in [1.807, 2.05) is 60.3 Å². The summed E-state index contributed by atoms with van der Waals surface area (Å²) in [5.41, 5.74) is 3.58. The van der Waals surface area contributed by atoms with E-state index in [1.165, 1.54) is 11.8 Å². The van der Waals surface area contributed by atoms with Crippen molar-refractivity contribution in [3.8, 4) is 5.75 Å². The number of ether oxygens (including phenoxy) is 1. The summed E-state index contributed by atoms with van der Waals surface area (Å²) in [5, 5.41) is 1.72. The summed E-state index contributed by atoms with van der Waals surface area (Å²) >= 11 is 1.41. The lowest BCUT2D eigenvalue weighted by Crippen LogP contribution is -2.01. The molecule has 0 bridgehead atoms. The van der Waals surface area contributed by atoms with Crippen LogP contribution in [-0.2, 0) is 7.05 Å². The first-order chi connectivity index (χ1) is 12.2. The van der Waals surface area contributed by atoms with Crippen molar-refractivity contribution in [2.45, 2.75) is 5.16 Å². The SMILES string of the molecule is COc1ccc2nc(SCC(=O)c3cn(C)c4ccccc34)[nH]c2c1. The van der Waals surface area contributed by atoms with E-state index in [2.05, 4.69) is 9.97 Å². The van der Waals surface area contributed by atoms with Crippen LogP contribution in [0.3, 0.4) is 0 Å². The molecule has 2 heterocycles. The van der Waals surface area contributed by atoms with Crippen molar-refractivity contribution in [3.05, 3.63) is 54.2 Å². The summed E-state index contributed by atoms with van der Waals surface area (Å²) in [5.74, 6) is 1.21. The number of fused-ring (bicyclic) bond motifs is 2. The number of nitrogens with zero attached hydrogens (tertiary/aromatic N) is 2. The molecule has 25 heavy (non-hydrogen) atoms. The van der Waals surface area contributed by atoms with Crippen LogP contribution in [0.15, 0.2) is 53.8 Å². The van der Waals surface area contributed by atoms with Gasteiger partial charge in [0.25, 0.3) is 0 Å². The van der Waals surface area contributed by atoms with Crippen molar-refractivity contribution < 1.29 is 9.53 Å². The molecule has 1 N–H and O–H groups in total. The highest BCUT2D eigenvalue weighted by molar-refractivity contribution is 7.99. The average molecular weight is 351 g/mol. The number of thioether (sulfide) groups is 1. The van der Waals surface area contributed by atoms with Crippen LogP contribution < -0.4 is 4.74 Å². The molecule has 5 nitrogen and oxygen atoms in total. The molecule has 0 spiro atoms. The second kappa shape index (κ2) is 6.29. The molecule has 0 amide bonds. The summed E-state index contributed by atoms with van der Waals surface area (Å²) in [6.45, 7) is 0. The van der Waals surface area contributed by atoms with Gasteiger partial charge in [0.15, 0.2) is 10.9 Å². The molecular formula is C19H17N3O2S. The number of aryl methyl sites for hydroxylation is 1. The van der Waals surface area contributed by atoms with Crippen molar-refractivity contribution in [3.63, 3.8) is 0 Å². The van der Waals surface area contributed by atoms with Crippen molar-refractivity contribution in [2.24, 2.45) is 7.05 Å². The Balaban J connectivity index is 1.55. The number of carbonyl (C=O) groups is 1. The molecule has 6 heteroatoms. The van der Waals surface area contributed by atoms with E-state index >= 15 is 0 Å². The molecule has 4 aromatic rings. The minimum Gasteiger partial charge on any atom is -0.497 e. The molecule has 2 aromatic heterocycles. The number of nitrogens with one attached hydrogen (secondary N) is 1. The smallest absolute Gasteiger partial charge is 0.175 e. The standard InChI is InChI=1S/C19H17N3O2S/c1-22-10-14(13-5-3-4-6-17(13)22)18(23)11-25-19-20-15-8-7-12(24-2)9-16(15)21-19/h3-10H,11H2,1-2H3,(H,20,21). The van der Waals surface area contributed by atoms with Crippen LogP contribution in [0.2, 0.25) is 0 Å². The number of benzene rings is 2. The van der Waals surface area contributed by atoms with E-state index in [4.69, 9.17) is 4.74 Å². The third kappa shape index (κ3) is 2.89. The molecular weight excluding hydrogens is 334 g/mol. The molecule has 0 saturated heterocycles. The number of aromatic amines is 1. The summed E-state index contributed by atoms with van der Waals surface area (Å²) in [4.78, 5) is 20.4. The van der Waals surface area contributed by atoms with Gasteiger partial charge in [0.2, 0.25) is 0 Å². The van der Waals surface area contributed by atoms with Crippen molar-refractivity contribution >= 4 is 39.5 Å². The van der Waals surface area contributed by atoms with Crippen LogP contribution in [0.4, 0.5) is 0 Å². The number of imidazole rings is 1. The van der Waals surface area contributed by atoms with Crippen LogP contribution in [0.1, 0.15) is 10.4 Å². The first-order valence-corrected chi connectivity index (χ1v) is 8.88. The number of hydrogen-bond acceptors (Lipinski definition) is 4. The Morgan fingerprint density at radius 1 is 1.28 bits per heavy atom. The molecule has 0 atom stereocenters. The Kier molecular flexibility index (Phi) is 3.97. The lowest BCUT2D eigenvalue weighted by molar-refractivity contribution is 0.102. The fourth-order valence-electron chi connectivity index (χ4n) is 2.94. The number of ketones is 1. The number of aromatic nitrogens is 3. The van der Waals surface area contributed by atoms with Gasteiger partial charge >= 0.3 is 0 Å². The number of carbonyl (C=O) groups excluding carboxylic acids is 1. The highest BCUT2D eigenvalue weighted by Gasteiger charge is 2.15. The van der Waals surface area contributed by atoms with Gasteiger partial charge in [-0.05, 0) is 18.2 Å². The van der Waals surface area contributed by atoms with Gasteiger partial charge in [-0.25, -0.2) is 4.98 Å². The normalized spacial score (nSPS) is 11.3. The topological polar surface area (TPSA) is 59.9 Å². The quantitative estimate of drug-likeness (QED) is 0.435. The van der Waals surface area contributed by atoms with Crippen LogP contribution in [0.25, 0.3) is 21.9 Å². The van der Waals surface area contributed by atoms with Gasteiger partial charge in [0, 0.05) is 35.8 Å². The number of methoxy groups -OCH3 is 1. The molecule has 0 aliphatic rings. The molecule has 0 saturated carbocycles. The van der Waals surface area contributed by atoms with Gasteiger partial charge in [-0.3, -0.25) is 4.79 Å². The van der Waals surface area contributed by atoms with Crippen molar-refractivity contribution in [2.75, 3.05) is 12.9 Å². The van der Waals surface area contributed by atoms with E-state index in [0.29, 0.717) is 5.75 Å². The number of Topliss-reactive ketones (excluding diaryl/α,β-unsaturated/α-hetero) is 1. The maximum Gasteiger partial charge on any atom is 0.175 e. The first kappa shape index (κ1) is 15.8. The predicted molar refractivity (Wildman–Crippen MR) is 101 cm³/mol. The van der Waals surface area contributed by atoms with Gasteiger partial charge < -0.3 is 14.3 Å². The first-order valence-electron chi connectivity index (χ1n) is 7.89. The number of H-pyrrole nitrogens is 1. The molecule has 2 aromatic carbocycles. The molecule has 126 valence electrons. The Hall–Kier alpha value is -2.73. The Morgan fingerprint density at radius 2 is 2.12 bits per heavy atom. The van der Waals surface area contributed by atoms with E-state index < -0.39 is 0 Å². The minimum absolute atomic E-state index is 0.0971. The van der Waals surface area contributed by atoms with E-state index in [1.54, 1.807) is 7.11 Å². The Bertz CT molecular complexity index is 1080. The highest BCUT2D eigenvalue weighted by Crippen LogP contribution is 2.26. The summed E-state index contributed by atoms with van der Waals surface area (Å²) in [6, 6.07) is 13.6. The zero-order valence-electron chi connectivity index (χ0n) is 13.9. The monoisotopic (exact) mass is 351 g/mol. The van der Waals surface area contributed by atoms with Crippen molar-refractivity contribution in [1.29, 1.82) is 0 Å². The molecule has 0 aliphatic carbocycles. The second-order valence-electron chi connectivity index (χ2n) is 5.81.